The third-order valence-electron chi connectivity index (χ3n) is 1.05. The van der Waals surface area contributed by atoms with Crippen molar-refractivity contribution in [3.05, 3.63) is 43.0 Å². The molecule has 1 aromatic rings. The van der Waals surface area contributed by atoms with E-state index in [1.807, 2.05) is 25.1 Å². The second kappa shape index (κ2) is 7.37. The van der Waals surface area contributed by atoms with Gasteiger partial charge in [-0.2, -0.15) is 0 Å². The Labute approximate surface area is 79.5 Å². The minimum absolute atomic E-state index is 0.692. The van der Waals surface area contributed by atoms with E-state index < -0.39 is 6.29 Å². The van der Waals surface area contributed by atoms with E-state index in [1.165, 1.54) is 0 Å². The van der Waals surface area contributed by atoms with Gasteiger partial charge >= 0.3 is 0 Å². The Balaban J connectivity index is 0.000000424. The Morgan fingerprint density at radius 3 is 2.23 bits per heavy atom. The molecule has 1 atom stereocenters. The molecule has 1 unspecified atom stereocenters. The van der Waals surface area contributed by atoms with Gasteiger partial charge in [0.1, 0.15) is 5.75 Å². The second-order valence-corrected chi connectivity index (χ2v) is 2.44. The van der Waals surface area contributed by atoms with E-state index in [0.717, 1.165) is 0 Å². The lowest BCUT2D eigenvalue weighted by molar-refractivity contribution is -0.000287. The lowest BCUT2D eigenvalue weighted by Crippen LogP contribution is -2.08. The molecule has 72 valence electrons. The first-order valence-corrected chi connectivity index (χ1v) is 4.17. The van der Waals surface area contributed by atoms with E-state index in [1.54, 1.807) is 25.1 Å². The fourth-order valence-electron chi connectivity index (χ4n) is 0.696. The Hall–Kier alpha value is -1.28. The van der Waals surface area contributed by atoms with E-state index in [2.05, 4.69) is 6.58 Å². The highest BCUT2D eigenvalue weighted by Crippen LogP contribution is 2.08. The van der Waals surface area contributed by atoms with Crippen molar-refractivity contribution in [1.82, 2.24) is 0 Å². The quantitative estimate of drug-likeness (QED) is 0.560. The van der Waals surface area contributed by atoms with Crippen LogP contribution in [0.3, 0.4) is 0 Å². The van der Waals surface area contributed by atoms with Crippen molar-refractivity contribution in [1.29, 1.82) is 0 Å². The standard InChI is InChI=1S/C8H10O2.C3H6/c1-7(9)10-8-5-3-2-4-6-8;1-3-2/h2-7,9H,1H3;3H,1H2,2H3. The molecule has 1 rings (SSSR count). The Morgan fingerprint density at radius 2 is 1.85 bits per heavy atom. The van der Waals surface area contributed by atoms with Crippen LogP contribution in [0.4, 0.5) is 0 Å². The summed E-state index contributed by atoms with van der Waals surface area (Å²) in [6.07, 6.45) is 1.02. The van der Waals surface area contributed by atoms with Crippen molar-refractivity contribution in [2.75, 3.05) is 0 Å². The lowest BCUT2D eigenvalue weighted by Gasteiger charge is -2.06. The molecule has 0 radical (unpaired) electrons. The molecule has 0 fully saturated rings. The number of allylic oxidation sites excluding steroid dienone is 1. The van der Waals surface area contributed by atoms with E-state index in [4.69, 9.17) is 9.84 Å². The van der Waals surface area contributed by atoms with Crippen LogP contribution in [-0.4, -0.2) is 11.4 Å². The molecule has 2 heteroatoms. The van der Waals surface area contributed by atoms with E-state index in [0.29, 0.717) is 5.75 Å². The van der Waals surface area contributed by atoms with Crippen LogP contribution < -0.4 is 4.74 Å². The molecule has 0 aromatic heterocycles. The zero-order valence-electron chi connectivity index (χ0n) is 8.10. The fourth-order valence-corrected chi connectivity index (χ4v) is 0.696. The number of ether oxygens (including phenoxy) is 1. The summed E-state index contributed by atoms with van der Waals surface area (Å²) in [7, 11) is 0. The van der Waals surface area contributed by atoms with Gasteiger partial charge in [0.05, 0.1) is 0 Å². The van der Waals surface area contributed by atoms with Crippen LogP contribution >= 0.6 is 0 Å². The molecule has 0 spiro atoms. The molecule has 0 heterocycles. The van der Waals surface area contributed by atoms with Gasteiger partial charge in [0.2, 0.25) is 0 Å². The number of aliphatic hydroxyl groups is 1. The van der Waals surface area contributed by atoms with Gasteiger partial charge in [0.25, 0.3) is 0 Å². The Kier molecular flexibility index (Phi) is 6.65. The highest BCUT2D eigenvalue weighted by atomic mass is 16.6. The molecule has 0 saturated carbocycles. The van der Waals surface area contributed by atoms with Gasteiger partial charge in [-0.25, -0.2) is 0 Å². The predicted octanol–water partition coefficient (Wildman–Crippen LogP) is 2.60. The van der Waals surface area contributed by atoms with Gasteiger partial charge in [0, 0.05) is 0 Å². The van der Waals surface area contributed by atoms with Crippen molar-refractivity contribution in [3.8, 4) is 5.75 Å². The zero-order chi connectivity index (χ0) is 10.1. The number of hydrogen-bond donors (Lipinski definition) is 1. The van der Waals surface area contributed by atoms with E-state index in [-0.39, 0.29) is 0 Å². The third-order valence-corrected chi connectivity index (χ3v) is 1.05. The second-order valence-electron chi connectivity index (χ2n) is 2.44. The Morgan fingerprint density at radius 1 is 1.38 bits per heavy atom. The molecule has 1 aromatic carbocycles. The van der Waals surface area contributed by atoms with Gasteiger partial charge in [-0.1, -0.05) is 24.3 Å². The summed E-state index contributed by atoms with van der Waals surface area (Å²) in [5.41, 5.74) is 0. The summed E-state index contributed by atoms with van der Waals surface area (Å²) >= 11 is 0. The molecule has 13 heavy (non-hydrogen) atoms. The third kappa shape index (κ3) is 7.09. The first-order chi connectivity index (χ1) is 6.20. The largest absolute Gasteiger partial charge is 0.465 e. The van der Waals surface area contributed by atoms with Crippen LogP contribution in [0.1, 0.15) is 13.8 Å². The first-order valence-electron chi connectivity index (χ1n) is 4.17. The maximum absolute atomic E-state index is 8.78. The highest BCUT2D eigenvalue weighted by molar-refractivity contribution is 5.20. The number of para-hydroxylation sites is 1. The van der Waals surface area contributed by atoms with Gasteiger partial charge in [-0.15, -0.1) is 6.58 Å². The van der Waals surface area contributed by atoms with Gasteiger partial charge in [0.15, 0.2) is 6.29 Å². The number of aliphatic hydroxyl groups excluding tert-OH is 1. The van der Waals surface area contributed by atoms with Crippen molar-refractivity contribution in [2.24, 2.45) is 0 Å². The summed E-state index contributed by atoms with van der Waals surface area (Å²) in [6, 6.07) is 9.21. The zero-order valence-corrected chi connectivity index (χ0v) is 8.10. The van der Waals surface area contributed by atoms with Gasteiger partial charge < -0.3 is 9.84 Å². The van der Waals surface area contributed by atoms with Gasteiger partial charge in [-0.05, 0) is 26.0 Å². The van der Waals surface area contributed by atoms with Crippen LogP contribution in [-0.2, 0) is 0 Å². The molecule has 0 aliphatic carbocycles. The van der Waals surface area contributed by atoms with Crippen molar-refractivity contribution in [3.63, 3.8) is 0 Å². The smallest absolute Gasteiger partial charge is 0.194 e. The number of benzene rings is 1. The monoisotopic (exact) mass is 180 g/mol. The van der Waals surface area contributed by atoms with Crippen LogP contribution in [0.5, 0.6) is 5.75 Å². The van der Waals surface area contributed by atoms with Crippen LogP contribution in [0, 0.1) is 0 Å². The number of rotatable bonds is 2. The number of hydrogen-bond acceptors (Lipinski definition) is 2. The molecule has 2 nitrogen and oxygen atoms in total. The van der Waals surface area contributed by atoms with Crippen molar-refractivity contribution >= 4 is 0 Å². The van der Waals surface area contributed by atoms with E-state index >= 15 is 0 Å². The fraction of sp³-hybridized carbons (Fsp3) is 0.273. The summed E-state index contributed by atoms with van der Waals surface area (Å²) in [4.78, 5) is 0. The van der Waals surface area contributed by atoms with Gasteiger partial charge in [-0.3, -0.25) is 0 Å². The summed E-state index contributed by atoms with van der Waals surface area (Å²) in [5.74, 6) is 0.692. The summed E-state index contributed by atoms with van der Waals surface area (Å²) in [6.45, 7) is 6.83. The molecule has 0 bridgehead atoms. The first kappa shape index (κ1) is 11.7. The minimum atomic E-state index is -0.734. The minimum Gasteiger partial charge on any atom is -0.465 e. The van der Waals surface area contributed by atoms with Crippen LogP contribution in [0.15, 0.2) is 43.0 Å². The van der Waals surface area contributed by atoms with Crippen LogP contribution in [0.25, 0.3) is 0 Å². The highest BCUT2D eigenvalue weighted by Gasteiger charge is 1.94. The molecule has 0 aliphatic rings. The van der Waals surface area contributed by atoms with Crippen molar-refractivity contribution < 1.29 is 9.84 Å². The molecular formula is C11H16O2. The van der Waals surface area contributed by atoms with E-state index in [9.17, 15) is 0 Å². The summed E-state index contributed by atoms with van der Waals surface area (Å²) in [5, 5.41) is 8.78. The molecular weight excluding hydrogens is 164 g/mol. The molecule has 0 aliphatic heterocycles. The molecule has 1 N–H and O–H groups in total. The van der Waals surface area contributed by atoms with Crippen molar-refractivity contribution in [2.45, 2.75) is 20.1 Å². The summed E-state index contributed by atoms with van der Waals surface area (Å²) < 4.78 is 4.97. The maximum atomic E-state index is 8.78. The van der Waals surface area contributed by atoms with Crippen LogP contribution in [0.2, 0.25) is 0 Å². The topological polar surface area (TPSA) is 29.5 Å². The Bertz CT molecular complexity index is 217. The normalized spacial score (nSPS) is 10.7. The lowest BCUT2D eigenvalue weighted by atomic mass is 10.3. The molecule has 0 amide bonds. The average molecular weight is 180 g/mol. The SMILES string of the molecule is C=CC.CC(O)Oc1ccccc1. The average Bonchev–Trinajstić information content (AvgIpc) is 2.06. The maximum Gasteiger partial charge on any atom is 0.194 e. The predicted molar refractivity (Wildman–Crippen MR) is 54.6 cm³/mol. The molecule has 0 saturated heterocycles.